The van der Waals surface area contributed by atoms with E-state index in [0.717, 1.165) is 26.4 Å². The van der Waals surface area contributed by atoms with Crippen LogP contribution < -0.4 is 0 Å². The van der Waals surface area contributed by atoms with E-state index < -0.39 is 0 Å². The second-order valence-corrected chi connectivity index (χ2v) is 2.07. The molecule has 0 saturated carbocycles. The van der Waals surface area contributed by atoms with Crippen molar-refractivity contribution < 1.29 is 9.47 Å². The molecule has 1 rings (SSSR count). The lowest BCUT2D eigenvalue weighted by Crippen LogP contribution is -2.26. The Morgan fingerprint density at radius 1 is 1.44 bits per heavy atom. The summed E-state index contributed by atoms with van der Waals surface area (Å²) >= 11 is 0. The van der Waals surface area contributed by atoms with E-state index >= 15 is 0 Å². The Morgan fingerprint density at radius 3 is 3.11 bits per heavy atom. The van der Waals surface area contributed by atoms with Crippen LogP contribution in [0.4, 0.5) is 0 Å². The molecule has 0 aliphatic carbocycles. The van der Waals surface area contributed by atoms with Gasteiger partial charge in [-0.2, -0.15) is 0 Å². The second kappa shape index (κ2) is 3.82. The lowest BCUT2D eigenvalue weighted by molar-refractivity contribution is -0.0471. The zero-order valence-electron chi connectivity index (χ0n) is 5.80. The smallest absolute Gasteiger partial charge is 0.148 e. The van der Waals surface area contributed by atoms with Gasteiger partial charge in [-0.3, -0.25) is 4.90 Å². The Labute approximate surface area is 55.5 Å². The van der Waals surface area contributed by atoms with Gasteiger partial charge in [0.15, 0.2) is 0 Å². The second-order valence-electron chi connectivity index (χ2n) is 2.07. The molecular formula is C6H13NO2. The first kappa shape index (κ1) is 6.99. The number of nitrogens with zero attached hydrogens (tertiary/aromatic N) is 1. The third kappa shape index (κ3) is 2.30. The van der Waals surface area contributed by atoms with E-state index in [1.165, 1.54) is 0 Å². The molecule has 0 atom stereocenters. The molecule has 9 heavy (non-hydrogen) atoms. The van der Waals surface area contributed by atoms with Crippen molar-refractivity contribution in [3.63, 3.8) is 0 Å². The van der Waals surface area contributed by atoms with Gasteiger partial charge in [-0.25, -0.2) is 0 Å². The molecule has 1 aliphatic heterocycles. The van der Waals surface area contributed by atoms with Crippen molar-refractivity contribution in [2.24, 2.45) is 0 Å². The summed E-state index contributed by atoms with van der Waals surface area (Å²) in [5.74, 6) is 0. The standard InChI is InChI=1S/C6H13NO2/c1-2-7-3-4-8-6-9-5-7/h2-6H2,1H3. The Hall–Kier alpha value is -0.120. The SMILES string of the molecule is CCN1CCOCOC1. The first-order valence-corrected chi connectivity index (χ1v) is 3.31. The van der Waals surface area contributed by atoms with E-state index in [9.17, 15) is 0 Å². The average Bonchev–Trinajstić information content (AvgIpc) is 2.13. The lowest BCUT2D eigenvalue weighted by Gasteiger charge is -2.14. The predicted molar refractivity (Wildman–Crippen MR) is 34.0 cm³/mol. The average molecular weight is 131 g/mol. The summed E-state index contributed by atoms with van der Waals surface area (Å²) in [4.78, 5) is 2.20. The summed E-state index contributed by atoms with van der Waals surface area (Å²) < 4.78 is 10.2. The molecule has 0 radical (unpaired) electrons. The van der Waals surface area contributed by atoms with Gasteiger partial charge in [-0.1, -0.05) is 6.92 Å². The van der Waals surface area contributed by atoms with Crippen LogP contribution in [0.2, 0.25) is 0 Å². The van der Waals surface area contributed by atoms with Gasteiger partial charge >= 0.3 is 0 Å². The molecule has 54 valence electrons. The van der Waals surface area contributed by atoms with E-state index in [-0.39, 0.29) is 0 Å². The van der Waals surface area contributed by atoms with Crippen LogP contribution in [0.5, 0.6) is 0 Å². The molecule has 1 aliphatic rings. The number of ether oxygens (including phenoxy) is 2. The molecule has 3 nitrogen and oxygen atoms in total. The van der Waals surface area contributed by atoms with E-state index in [4.69, 9.17) is 9.47 Å². The molecule has 0 N–H and O–H groups in total. The molecular weight excluding hydrogens is 118 g/mol. The Kier molecular flexibility index (Phi) is 2.97. The molecule has 0 unspecified atom stereocenters. The molecule has 0 aromatic rings. The molecule has 0 bridgehead atoms. The summed E-state index contributed by atoms with van der Waals surface area (Å²) in [5, 5.41) is 0. The first-order chi connectivity index (χ1) is 4.43. The minimum absolute atomic E-state index is 0.455. The van der Waals surface area contributed by atoms with Crippen LogP contribution in [0.15, 0.2) is 0 Å². The number of rotatable bonds is 1. The predicted octanol–water partition coefficient (Wildman–Crippen LogP) is 0.270. The monoisotopic (exact) mass is 131 g/mol. The number of hydrogen-bond donors (Lipinski definition) is 0. The quantitative estimate of drug-likeness (QED) is 0.510. The molecule has 1 fully saturated rings. The van der Waals surface area contributed by atoms with E-state index in [1.54, 1.807) is 0 Å². The van der Waals surface area contributed by atoms with Crippen molar-refractivity contribution in [1.29, 1.82) is 0 Å². The van der Waals surface area contributed by atoms with Gasteiger partial charge in [0, 0.05) is 6.54 Å². The van der Waals surface area contributed by atoms with Gasteiger partial charge in [-0.05, 0) is 6.54 Å². The van der Waals surface area contributed by atoms with Gasteiger partial charge in [0.25, 0.3) is 0 Å². The fourth-order valence-electron chi connectivity index (χ4n) is 0.792. The summed E-state index contributed by atoms with van der Waals surface area (Å²) in [5.41, 5.74) is 0. The summed E-state index contributed by atoms with van der Waals surface area (Å²) in [6, 6.07) is 0. The Balaban J connectivity index is 2.18. The van der Waals surface area contributed by atoms with E-state index in [0.29, 0.717) is 6.79 Å². The third-order valence-electron chi connectivity index (χ3n) is 1.44. The highest BCUT2D eigenvalue weighted by molar-refractivity contribution is 4.49. The fourth-order valence-corrected chi connectivity index (χ4v) is 0.792. The highest BCUT2D eigenvalue weighted by Gasteiger charge is 2.04. The van der Waals surface area contributed by atoms with Crippen LogP contribution in [0.3, 0.4) is 0 Å². The van der Waals surface area contributed by atoms with Gasteiger partial charge < -0.3 is 9.47 Å². The molecule has 1 heterocycles. The van der Waals surface area contributed by atoms with Gasteiger partial charge in [-0.15, -0.1) is 0 Å². The summed E-state index contributed by atoms with van der Waals surface area (Å²) in [7, 11) is 0. The van der Waals surface area contributed by atoms with Gasteiger partial charge in [0.05, 0.1) is 6.61 Å². The molecule has 0 aromatic heterocycles. The zero-order chi connectivity index (χ0) is 6.53. The minimum atomic E-state index is 0.455. The van der Waals surface area contributed by atoms with Crippen LogP contribution >= 0.6 is 0 Å². The number of likely N-dealkylation sites (N-methyl/N-ethyl adjacent to an activating group) is 1. The van der Waals surface area contributed by atoms with Gasteiger partial charge in [0.1, 0.15) is 13.5 Å². The van der Waals surface area contributed by atoms with Crippen molar-refractivity contribution in [3.8, 4) is 0 Å². The van der Waals surface area contributed by atoms with Crippen molar-refractivity contribution in [2.45, 2.75) is 6.92 Å². The third-order valence-corrected chi connectivity index (χ3v) is 1.44. The highest BCUT2D eigenvalue weighted by Crippen LogP contribution is 1.93. The van der Waals surface area contributed by atoms with E-state index in [2.05, 4.69) is 11.8 Å². The lowest BCUT2D eigenvalue weighted by atomic mass is 10.5. The molecule has 0 aromatic carbocycles. The van der Waals surface area contributed by atoms with Gasteiger partial charge in [0.2, 0.25) is 0 Å². The van der Waals surface area contributed by atoms with Crippen LogP contribution in [0, 0.1) is 0 Å². The Bertz CT molecular complexity index is 69.5. The van der Waals surface area contributed by atoms with Crippen LogP contribution in [-0.2, 0) is 9.47 Å². The Morgan fingerprint density at radius 2 is 2.33 bits per heavy atom. The molecule has 0 spiro atoms. The van der Waals surface area contributed by atoms with Crippen molar-refractivity contribution in [3.05, 3.63) is 0 Å². The van der Waals surface area contributed by atoms with E-state index in [1.807, 2.05) is 0 Å². The fraction of sp³-hybridized carbons (Fsp3) is 1.00. The number of hydrogen-bond acceptors (Lipinski definition) is 3. The van der Waals surface area contributed by atoms with Crippen molar-refractivity contribution in [2.75, 3.05) is 33.2 Å². The zero-order valence-corrected chi connectivity index (χ0v) is 5.80. The highest BCUT2D eigenvalue weighted by atomic mass is 16.7. The molecule has 1 saturated heterocycles. The molecule has 0 amide bonds. The topological polar surface area (TPSA) is 21.7 Å². The van der Waals surface area contributed by atoms with Crippen LogP contribution in [0.25, 0.3) is 0 Å². The van der Waals surface area contributed by atoms with Crippen LogP contribution in [-0.4, -0.2) is 38.1 Å². The van der Waals surface area contributed by atoms with Crippen LogP contribution in [0.1, 0.15) is 6.92 Å². The maximum atomic E-state index is 5.10. The minimum Gasteiger partial charge on any atom is -0.354 e. The summed E-state index contributed by atoms with van der Waals surface area (Å²) in [6.45, 7) is 6.13. The largest absolute Gasteiger partial charge is 0.354 e. The van der Waals surface area contributed by atoms with Crippen molar-refractivity contribution >= 4 is 0 Å². The molecule has 3 heteroatoms. The normalized spacial score (nSPS) is 23.7. The maximum Gasteiger partial charge on any atom is 0.148 e. The maximum absolute atomic E-state index is 5.10. The summed E-state index contributed by atoms with van der Waals surface area (Å²) in [6.07, 6.45) is 0. The van der Waals surface area contributed by atoms with Crippen molar-refractivity contribution in [1.82, 2.24) is 4.90 Å². The first-order valence-electron chi connectivity index (χ1n) is 3.31.